The maximum absolute atomic E-state index is 11.8. The maximum atomic E-state index is 11.8. The van der Waals surface area contributed by atoms with Crippen LogP contribution in [0.25, 0.3) is 21.5 Å². The number of carbonyl (C=O) groups excluding carboxylic acids is 1. The fourth-order valence-electron chi connectivity index (χ4n) is 2.95. The number of para-hydroxylation sites is 1. The molecule has 0 aliphatic heterocycles. The molecule has 0 fully saturated rings. The van der Waals surface area contributed by atoms with Crippen LogP contribution in [0.4, 0.5) is 0 Å². The van der Waals surface area contributed by atoms with Crippen molar-refractivity contribution in [2.45, 2.75) is 0 Å². The van der Waals surface area contributed by atoms with Gasteiger partial charge in [-0.25, -0.2) is 9.78 Å². The summed E-state index contributed by atoms with van der Waals surface area (Å²) in [5, 5.41) is 3.73. The first-order valence-corrected chi connectivity index (χ1v) is 8.79. The Morgan fingerprint density at radius 2 is 1.81 bits per heavy atom. The molecule has 0 aliphatic rings. The van der Waals surface area contributed by atoms with Crippen molar-refractivity contribution in [3.8, 4) is 11.6 Å². The Balaban J connectivity index is 1.97. The van der Waals surface area contributed by atoms with Gasteiger partial charge in [0.2, 0.25) is 5.88 Å². The van der Waals surface area contributed by atoms with Crippen LogP contribution in [0.1, 0.15) is 10.4 Å². The van der Waals surface area contributed by atoms with Gasteiger partial charge in [-0.3, -0.25) is 0 Å². The number of fused-ring (bicyclic) bond motifs is 3. The molecule has 0 amide bonds. The van der Waals surface area contributed by atoms with Crippen molar-refractivity contribution in [2.24, 2.45) is 0 Å². The fraction of sp³-hybridized carbons (Fsp3) is 0.0476. The monoisotopic (exact) mass is 407 g/mol. The molecule has 3 aromatic carbocycles. The molecule has 1 aromatic heterocycles. The number of carbonyl (C=O) groups is 1. The van der Waals surface area contributed by atoms with Gasteiger partial charge in [0.15, 0.2) is 0 Å². The van der Waals surface area contributed by atoms with Gasteiger partial charge in [0.25, 0.3) is 0 Å². The molecule has 5 heteroatoms. The summed E-state index contributed by atoms with van der Waals surface area (Å²) in [7, 11) is 1.37. The van der Waals surface area contributed by atoms with Crippen molar-refractivity contribution < 1.29 is 14.3 Å². The third-order valence-corrected chi connectivity index (χ3v) is 4.81. The molecule has 0 bridgehead atoms. The number of benzene rings is 3. The summed E-state index contributed by atoms with van der Waals surface area (Å²) < 4.78 is 11.8. The van der Waals surface area contributed by atoms with Crippen molar-refractivity contribution in [1.82, 2.24) is 4.98 Å². The van der Waals surface area contributed by atoms with E-state index in [1.165, 1.54) is 7.11 Å². The molecular weight excluding hydrogens is 394 g/mol. The number of methoxy groups -OCH3 is 1. The summed E-state index contributed by atoms with van der Waals surface area (Å²) in [5.74, 6) is 0.868. The molecule has 0 unspecified atom stereocenters. The second-order valence-electron chi connectivity index (χ2n) is 5.74. The van der Waals surface area contributed by atoms with Crippen LogP contribution in [0.5, 0.6) is 11.6 Å². The van der Waals surface area contributed by atoms with Gasteiger partial charge in [0, 0.05) is 16.1 Å². The first-order chi connectivity index (χ1) is 12.7. The Labute approximate surface area is 158 Å². The predicted octanol–water partition coefficient (Wildman–Crippen LogP) is 5.73. The average Bonchev–Trinajstić information content (AvgIpc) is 2.68. The van der Waals surface area contributed by atoms with Gasteiger partial charge in [-0.05, 0) is 47.2 Å². The maximum Gasteiger partial charge on any atom is 0.337 e. The van der Waals surface area contributed by atoms with Gasteiger partial charge in [-0.1, -0.05) is 40.2 Å². The Kier molecular flexibility index (Phi) is 4.31. The van der Waals surface area contributed by atoms with E-state index >= 15 is 0 Å². The van der Waals surface area contributed by atoms with E-state index in [0.29, 0.717) is 17.2 Å². The van der Waals surface area contributed by atoms with E-state index in [1.54, 1.807) is 12.3 Å². The van der Waals surface area contributed by atoms with Gasteiger partial charge in [-0.15, -0.1) is 0 Å². The van der Waals surface area contributed by atoms with Crippen LogP contribution in [-0.2, 0) is 4.74 Å². The molecule has 1 heterocycles. The summed E-state index contributed by atoms with van der Waals surface area (Å²) in [4.78, 5) is 16.3. The van der Waals surface area contributed by atoms with E-state index in [9.17, 15) is 4.79 Å². The van der Waals surface area contributed by atoms with Crippen LogP contribution < -0.4 is 4.74 Å². The number of halogens is 1. The first kappa shape index (κ1) is 16.5. The van der Waals surface area contributed by atoms with Gasteiger partial charge < -0.3 is 9.47 Å². The molecule has 0 spiro atoms. The molecule has 128 valence electrons. The molecule has 0 saturated heterocycles. The van der Waals surface area contributed by atoms with E-state index in [-0.39, 0.29) is 5.97 Å². The van der Waals surface area contributed by atoms with Gasteiger partial charge in [-0.2, -0.15) is 0 Å². The lowest BCUT2D eigenvalue weighted by Crippen LogP contribution is -2.00. The zero-order valence-corrected chi connectivity index (χ0v) is 15.5. The molecular formula is C21H14BrNO3. The zero-order chi connectivity index (χ0) is 18.1. The number of pyridine rings is 1. The van der Waals surface area contributed by atoms with Crippen molar-refractivity contribution in [3.05, 3.63) is 76.9 Å². The van der Waals surface area contributed by atoms with E-state index in [4.69, 9.17) is 9.47 Å². The quantitative estimate of drug-likeness (QED) is 0.321. The topological polar surface area (TPSA) is 48.4 Å². The van der Waals surface area contributed by atoms with Crippen LogP contribution in [-0.4, -0.2) is 18.1 Å². The molecule has 0 aliphatic carbocycles. The molecule has 0 saturated carbocycles. The number of rotatable bonds is 3. The summed E-state index contributed by atoms with van der Waals surface area (Å²) in [6, 6.07) is 18.9. The van der Waals surface area contributed by atoms with Crippen molar-refractivity contribution in [1.29, 1.82) is 0 Å². The van der Waals surface area contributed by atoms with Gasteiger partial charge in [0.1, 0.15) is 5.75 Å². The average molecular weight is 408 g/mol. The minimum Gasteiger partial charge on any atom is -0.465 e. The minimum absolute atomic E-state index is 0.366. The number of nitrogens with zero attached hydrogens (tertiary/aromatic N) is 1. The summed E-state index contributed by atoms with van der Waals surface area (Å²) >= 11 is 3.62. The van der Waals surface area contributed by atoms with Crippen LogP contribution in [0.15, 0.2) is 71.3 Å². The summed E-state index contributed by atoms with van der Waals surface area (Å²) in [5.41, 5.74) is 0.501. The Bertz CT molecular complexity index is 1130. The lowest BCUT2D eigenvalue weighted by Gasteiger charge is -2.12. The molecule has 0 radical (unpaired) electrons. The van der Waals surface area contributed by atoms with Crippen molar-refractivity contribution in [3.63, 3.8) is 0 Å². The number of hydrogen-bond acceptors (Lipinski definition) is 4. The van der Waals surface area contributed by atoms with Crippen LogP contribution in [0, 0.1) is 0 Å². The van der Waals surface area contributed by atoms with Crippen molar-refractivity contribution in [2.75, 3.05) is 7.11 Å². The second kappa shape index (κ2) is 6.77. The van der Waals surface area contributed by atoms with Crippen molar-refractivity contribution >= 4 is 43.4 Å². The molecule has 0 N–H and O–H groups in total. The standard InChI is InChI=1S/C21H14BrNO3/c1-25-21(24)13-7-8-16-14(11-13)12-18(22)17-9-10-23-20(19(16)17)26-15-5-3-2-4-6-15/h2-12H,1H3. The van der Waals surface area contributed by atoms with Crippen LogP contribution in [0.2, 0.25) is 0 Å². The number of hydrogen-bond donors (Lipinski definition) is 0. The largest absolute Gasteiger partial charge is 0.465 e. The summed E-state index contributed by atoms with van der Waals surface area (Å²) in [6.45, 7) is 0. The van der Waals surface area contributed by atoms with Gasteiger partial charge >= 0.3 is 5.97 Å². The number of esters is 1. The molecule has 4 rings (SSSR count). The highest BCUT2D eigenvalue weighted by atomic mass is 79.9. The summed E-state index contributed by atoms with van der Waals surface area (Å²) in [6.07, 6.45) is 1.72. The third kappa shape index (κ3) is 2.91. The predicted molar refractivity (Wildman–Crippen MR) is 105 cm³/mol. The Morgan fingerprint density at radius 3 is 2.58 bits per heavy atom. The normalized spacial score (nSPS) is 10.8. The minimum atomic E-state index is -0.366. The third-order valence-electron chi connectivity index (χ3n) is 4.16. The molecule has 4 nitrogen and oxygen atoms in total. The molecule has 0 atom stereocenters. The zero-order valence-electron chi connectivity index (χ0n) is 13.9. The number of aromatic nitrogens is 1. The van der Waals surface area contributed by atoms with Gasteiger partial charge in [0.05, 0.1) is 18.1 Å². The van der Waals surface area contributed by atoms with E-state index in [1.807, 2.05) is 54.6 Å². The number of ether oxygens (including phenoxy) is 2. The first-order valence-electron chi connectivity index (χ1n) is 7.99. The molecule has 26 heavy (non-hydrogen) atoms. The Hall–Kier alpha value is -2.92. The molecule has 4 aromatic rings. The lowest BCUT2D eigenvalue weighted by atomic mass is 10.0. The SMILES string of the molecule is COC(=O)c1ccc2c(c1)cc(Br)c1ccnc(Oc3ccccc3)c12. The smallest absolute Gasteiger partial charge is 0.337 e. The highest BCUT2D eigenvalue weighted by molar-refractivity contribution is 9.10. The highest BCUT2D eigenvalue weighted by Gasteiger charge is 2.14. The van der Waals surface area contributed by atoms with Crippen LogP contribution in [0.3, 0.4) is 0 Å². The van der Waals surface area contributed by atoms with E-state index in [0.717, 1.165) is 26.0 Å². The van der Waals surface area contributed by atoms with Crippen LogP contribution >= 0.6 is 15.9 Å². The lowest BCUT2D eigenvalue weighted by molar-refractivity contribution is 0.0601. The highest BCUT2D eigenvalue weighted by Crippen LogP contribution is 2.38. The second-order valence-corrected chi connectivity index (χ2v) is 6.59. The van der Waals surface area contributed by atoms with E-state index < -0.39 is 0 Å². The Morgan fingerprint density at radius 1 is 1.00 bits per heavy atom. The van der Waals surface area contributed by atoms with E-state index in [2.05, 4.69) is 20.9 Å². The fourth-order valence-corrected chi connectivity index (χ4v) is 3.53.